The van der Waals surface area contributed by atoms with E-state index in [2.05, 4.69) is 20.8 Å². The molecule has 108 valence electrons. The number of rotatable bonds is 7. The molecule has 3 heteroatoms. The van der Waals surface area contributed by atoms with E-state index < -0.39 is 0 Å². The summed E-state index contributed by atoms with van der Waals surface area (Å²) in [5, 5.41) is 0. The first-order chi connectivity index (χ1) is 8.93. The van der Waals surface area contributed by atoms with Crippen LogP contribution in [0.1, 0.15) is 52.2 Å². The monoisotopic (exact) mass is 267 g/mol. The molecule has 2 N–H and O–H groups in total. The van der Waals surface area contributed by atoms with Crippen LogP contribution in [0.25, 0.3) is 0 Å². The van der Waals surface area contributed by atoms with E-state index in [1.807, 2.05) is 13.0 Å². The first kappa shape index (κ1) is 16.1. The van der Waals surface area contributed by atoms with Gasteiger partial charge in [-0.05, 0) is 43.4 Å². The second-order valence-corrected chi connectivity index (χ2v) is 5.62. The summed E-state index contributed by atoms with van der Waals surface area (Å²) in [6, 6.07) is 6.43. The Kier molecular flexibility index (Phi) is 6.46. The third kappa shape index (κ3) is 5.29. The summed E-state index contributed by atoms with van der Waals surface area (Å²) >= 11 is 0. The molecule has 3 atom stereocenters. The van der Waals surface area contributed by atoms with Crippen molar-refractivity contribution >= 4 is 0 Å². The Labute approximate surface area is 116 Å². The molecule has 1 rings (SSSR count). The third-order valence-corrected chi connectivity index (χ3v) is 3.22. The molecule has 0 aliphatic heterocycles. The fourth-order valence-electron chi connectivity index (χ4n) is 2.29. The van der Waals surface area contributed by atoms with Gasteiger partial charge in [0, 0.05) is 6.04 Å². The van der Waals surface area contributed by atoms with Crippen LogP contribution in [0.3, 0.4) is 0 Å². The first-order valence-electron chi connectivity index (χ1n) is 7.10. The Morgan fingerprint density at radius 2 is 1.95 bits per heavy atom. The molecule has 0 bridgehead atoms. The van der Waals surface area contributed by atoms with E-state index in [0.717, 1.165) is 18.4 Å². The molecule has 0 spiro atoms. The number of ether oxygens (including phenoxy) is 1. The smallest absolute Gasteiger partial charge is 0.123 e. The highest BCUT2D eigenvalue weighted by Gasteiger charge is 2.22. The van der Waals surface area contributed by atoms with Gasteiger partial charge >= 0.3 is 0 Å². The number of halogens is 1. The van der Waals surface area contributed by atoms with Crippen molar-refractivity contribution in [2.45, 2.75) is 58.8 Å². The molecule has 1 aromatic carbocycles. The normalized spacial score (nSPS) is 16.4. The minimum Gasteiger partial charge on any atom is -0.369 e. The van der Waals surface area contributed by atoms with E-state index in [0.29, 0.717) is 5.92 Å². The van der Waals surface area contributed by atoms with Gasteiger partial charge in [-0.25, -0.2) is 4.39 Å². The van der Waals surface area contributed by atoms with Crippen molar-refractivity contribution in [2.75, 3.05) is 0 Å². The molecule has 0 saturated heterocycles. The Morgan fingerprint density at radius 1 is 1.26 bits per heavy atom. The topological polar surface area (TPSA) is 35.2 Å². The molecular weight excluding hydrogens is 241 g/mol. The Hall–Kier alpha value is -0.930. The lowest BCUT2D eigenvalue weighted by atomic mass is 9.99. The van der Waals surface area contributed by atoms with Crippen molar-refractivity contribution in [2.24, 2.45) is 11.7 Å². The second-order valence-electron chi connectivity index (χ2n) is 5.62. The van der Waals surface area contributed by atoms with Crippen LogP contribution in [0, 0.1) is 11.7 Å². The lowest BCUT2D eigenvalue weighted by molar-refractivity contribution is -0.0272. The summed E-state index contributed by atoms with van der Waals surface area (Å²) < 4.78 is 19.4. The molecule has 0 aliphatic rings. The van der Waals surface area contributed by atoms with Gasteiger partial charge in [-0.15, -0.1) is 0 Å². The van der Waals surface area contributed by atoms with Crippen molar-refractivity contribution in [1.82, 2.24) is 0 Å². The Morgan fingerprint density at radius 3 is 2.47 bits per heavy atom. The minimum atomic E-state index is -0.245. The Balaban J connectivity index is 2.83. The maximum absolute atomic E-state index is 13.3. The van der Waals surface area contributed by atoms with Crippen LogP contribution < -0.4 is 5.73 Å². The third-order valence-electron chi connectivity index (χ3n) is 3.22. The molecule has 2 nitrogen and oxygen atoms in total. The molecule has 0 heterocycles. The van der Waals surface area contributed by atoms with Gasteiger partial charge in [0.2, 0.25) is 0 Å². The van der Waals surface area contributed by atoms with E-state index in [1.165, 1.54) is 12.1 Å². The molecule has 19 heavy (non-hydrogen) atoms. The quantitative estimate of drug-likeness (QED) is 0.808. The van der Waals surface area contributed by atoms with Crippen molar-refractivity contribution < 1.29 is 9.13 Å². The van der Waals surface area contributed by atoms with Gasteiger partial charge in [-0.3, -0.25) is 0 Å². The van der Waals surface area contributed by atoms with E-state index >= 15 is 0 Å². The van der Waals surface area contributed by atoms with E-state index in [9.17, 15) is 4.39 Å². The van der Waals surface area contributed by atoms with Crippen LogP contribution >= 0.6 is 0 Å². The molecule has 1 aromatic rings. The second kappa shape index (κ2) is 7.61. The predicted molar refractivity (Wildman–Crippen MR) is 77.4 cm³/mol. The maximum atomic E-state index is 13.3. The largest absolute Gasteiger partial charge is 0.369 e. The fraction of sp³-hybridized carbons (Fsp3) is 0.625. The first-order valence-corrected chi connectivity index (χ1v) is 7.10. The highest BCUT2D eigenvalue weighted by Crippen LogP contribution is 2.26. The number of hydrogen-bond donors (Lipinski definition) is 1. The van der Waals surface area contributed by atoms with E-state index in [-0.39, 0.29) is 24.1 Å². The molecule has 0 radical (unpaired) electrons. The van der Waals surface area contributed by atoms with E-state index in [4.69, 9.17) is 10.5 Å². The summed E-state index contributed by atoms with van der Waals surface area (Å²) in [5.74, 6) is 0.326. The van der Waals surface area contributed by atoms with Crippen LogP contribution in [-0.4, -0.2) is 12.1 Å². The summed E-state index contributed by atoms with van der Waals surface area (Å²) in [6.07, 6.45) is 1.65. The van der Waals surface area contributed by atoms with E-state index in [1.54, 1.807) is 6.07 Å². The summed E-state index contributed by atoms with van der Waals surface area (Å²) in [7, 11) is 0. The van der Waals surface area contributed by atoms with Crippen LogP contribution in [0.4, 0.5) is 4.39 Å². The predicted octanol–water partition coefficient (Wildman–Crippen LogP) is 4.06. The van der Waals surface area contributed by atoms with Crippen molar-refractivity contribution in [3.8, 4) is 0 Å². The van der Waals surface area contributed by atoms with Gasteiger partial charge in [-0.2, -0.15) is 0 Å². The van der Waals surface area contributed by atoms with Gasteiger partial charge in [-0.1, -0.05) is 32.9 Å². The molecule has 0 fully saturated rings. The molecular formula is C16H26FNO. The zero-order valence-corrected chi connectivity index (χ0v) is 12.4. The van der Waals surface area contributed by atoms with Gasteiger partial charge in [0.1, 0.15) is 5.82 Å². The van der Waals surface area contributed by atoms with Crippen molar-refractivity contribution in [3.63, 3.8) is 0 Å². The average Bonchev–Trinajstić information content (AvgIpc) is 2.34. The molecule has 0 saturated carbocycles. The number of benzene rings is 1. The SMILES string of the molecule is CCC(N)C(OC(C)CC(C)C)c1cccc(F)c1. The number of nitrogens with two attached hydrogens (primary N) is 1. The summed E-state index contributed by atoms with van der Waals surface area (Å²) in [4.78, 5) is 0. The van der Waals surface area contributed by atoms with Crippen LogP contribution in [0.5, 0.6) is 0 Å². The Bertz CT molecular complexity index is 381. The minimum absolute atomic E-state index is 0.114. The standard InChI is InChI=1S/C16H26FNO/c1-5-15(18)16(19-12(4)9-11(2)3)13-7-6-8-14(17)10-13/h6-8,10-12,15-16H,5,9,18H2,1-4H3. The molecule has 3 unspecified atom stereocenters. The zero-order valence-electron chi connectivity index (χ0n) is 12.4. The lowest BCUT2D eigenvalue weighted by Gasteiger charge is -2.28. The summed E-state index contributed by atoms with van der Waals surface area (Å²) in [5.41, 5.74) is 6.96. The van der Waals surface area contributed by atoms with Crippen molar-refractivity contribution in [1.29, 1.82) is 0 Å². The highest BCUT2D eigenvalue weighted by molar-refractivity contribution is 5.20. The summed E-state index contributed by atoms with van der Waals surface area (Å²) in [6.45, 7) is 8.40. The van der Waals surface area contributed by atoms with Crippen LogP contribution in [0.15, 0.2) is 24.3 Å². The maximum Gasteiger partial charge on any atom is 0.123 e. The zero-order chi connectivity index (χ0) is 14.4. The fourth-order valence-corrected chi connectivity index (χ4v) is 2.29. The molecule has 0 aromatic heterocycles. The molecule has 0 aliphatic carbocycles. The lowest BCUT2D eigenvalue weighted by Crippen LogP contribution is -2.32. The van der Waals surface area contributed by atoms with Crippen molar-refractivity contribution in [3.05, 3.63) is 35.6 Å². The molecule has 0 amide bonds. The van der Waals surface area contributed by atoms with Gasteiger partial charge in [0.25, 0.3) is 0 Å². The number of hydrogen-bond acceptors (Lipinski definition) is 2. The van der Waals surface area contributed by atoms with Crippen LogP contribution in [-0.2, 0) is 4.74 Å². The highest BCUT2D eigenvalue weighted by atomic mass is 19.1. The van der Waals surface area contributed by atoms with Gasteiger partial charge in [0.15, 0.2) is 0 Å². The van der Waals surface area contributed by atoms with Crippen LogP contribution in [0.2, 0.25) is 0 Å². The average molecular weight is 267 g/mol. The van der Waals surface area contributed by atoms with Gasteiger partial charge < -0.3 is 10.5 Å². The van der Waals surface area contributed by atoms with Gasteiger partial charge in [0.05, 0.1) is 12.2 Å².